The van der Waals surface area contributed by atoms with Gasteiger partial charge in [0.15, 0.2) is 0 Å². The highest BCUT2D eigenvalue weighted by molar-refractivity contribution is 5.96. The molecule has 0 spiro atoms. The Morgan fingerprint density at radius 3 is 2.43 bits per heavy atom. The second kappa shape index (κ2) is 6.44. The van der Waals surface area contributed by atoms with Gasteiger partial charge < -0.3 is 10.6 Å². The smallest absolute Gasteiger partial charge is 0.246 e. The fraction of sp³-hybridized carbons (Fsp3) is 0.278. The number of anilines is 2. The molecule has 0 fully saturated rings. The van der Waals surface area contributed by atoms with Gasteiger partial charge in [0, 0.05) is 11.4 Å². The van der Waals surface area contributed by atoms with E-state index in [0.29, 0.717) is 0 Å². The van der Waals surface area contributed by atoms with Crippen LogP contribution in [-0.4, -0.2) is 11.9 Å². The van der Waals surface area contributed by atoms with Crippen LogP contribution >= 0.6 is 0 Å². The van der Waals surface area contributed by atoms with Crippen molar-refractivity contribution in [2.45, 2.75) is 33.7 Å². The molecule has 3 nitrogen and oxygen atoms in total. The van der Waals surface area contributed by atoms with E-state index in [-0.39, 0.29) is 11.9 Å². The average molecular weight is 282 g/mol. The van der Waals surface area contributed by atoms with Gasteiger partial charge in [-0.1, -0.05) is 24.3 Å². The molecule has 0 aliphatic rings. The van der Waals surface area contributed by atoms with Crippen LogP contribution in [0, 0.1) is 20.8 Å². The second-order valence-corrected chi connectivity index (χ2v) is 5.54. The Labute approximate surface area is 126 Å². The highest BCUT2D eigenvalue weighted by Gasteiger charge is 2.13. The van der Waals surface area contributed by atoms with Crippen molar-refractivity contribution in [1.29, 1.82) is 0 Å². The first-order valence-electron chi connectivity index (χ1n) is 7.17. The lowest BCUT2D eigenvalue weighted by molar-refractivity contribution is -0.116. The summed E-state index contributed by atoms with van der Waals surface area (Å²) in [5.41, 5.74) is 5.27. The second-order valence-electron chi connectivity index (χ2n) is 5.54. The molecule has 2 aromatic carbocycles. The Balaban J connectivity index is 2.04. The van der Waals surface area contributed by atoms with Crippen molar-refractivity contribution < 1.29 is 4.79 Å². The molecule has 1 atom stereocenters. The van der Waals surface area contributed by atoms with E-state index >= 15 is 0 Å². The van der Waals surface area contributed by atoms with Crippen molar-refractivity contribution in [3.05, 3.63) is 59.2 Å². The van der Waals surface area contributed by atoms with E-state index in [1.165, 1.54) is 5.56 Å². The summed E-state index contributed by atoms with van der Waals surface area (Å²) in [5.74, 6) is -0.0403. The normalized spacial score (nSPS) is 11.8. The number of carbonyl (C=O) groups excluding carboxylic acids is 1. The molecule has 0 unspecified atom stereocenters. The van der Waals surface area contributed by atoms with Crippen LogP contribution in [0.5, 0.6) is 0 Å². The molecule has 1 amide bonds. The lowest BCUT2D eigenvalue weighted by atomic mass is 10.1. The van der Waals surface area contributed by atoms with Crippen LogP contribution in [0.3, 0.4) is 0 Å². The van der Waals surface area contributed by atoms with Crippen molar-refractivity contribution >= 4 is 17.3 Å². The SMILES string of the molecule is Cc1cccc(NC(=O)[C@H](C)Nc2cc(C)ccc2C)c1. The summed E-state index contributed by atoms with van der Waals surface area (Å²) in [6, 6.07) is 13.7. The standard InChI is InChI=1S/C18H22N2O/c1-12-6-5-7-16(10-12)20-18(21)15(4)19-17-11-13(2)8-9-14(17)3/h5-11,15,19H,1-4H3,(H,20,21)/t15-/m0/s1. The minimum absolute atomic E-state index is 0.0403. The molecule has 110 valence electrons. The van der Waals surface area contributed by atoms with Crippen LogP contribution in [0.1, 0.15) is 23.6 Å². The number of nitrogens with one attached hydrogen (secondary N) is 2. The Morgan fingerprint density at radius 1 is 1.00 bits per heavy atom. The fourth-order valence-corrected chi connectivity index (χ4v) is 2.16. The number of benzene rings is 2. The van der Waals surface area contributed by atoms with Crippen LogP contribution in [0.15, 0.2) is 42.5 Å². The number of aryl methyl sites for hydroxylation is 3. The van der Waals surface area contributed by atoms with Gasteiger partial charge in [-0.3, -0.25) is 4.79 Å². The van der Waals surface area contributed by atoms with Gasteiger partial charge >= 0.3 is 0 Å². The number of rotatable bonds is 4. The molecule has 0 saturated carbocycles. The Bertz CT molecular complexity index is 649. The summed E-state index contributed by atoms with van der Waals surface area (Å²) >= 11 is 0. The molecular weight excluding hydrogens is 260 g/mol. The molecule has 0 aliphatic carbocycles. The molecule has 21 heavy (non-hydrogen) atoms. The molecule has 2 rings (SSSR count). The van der Waals surface area contributed by atoms with Gasteiger partial charge in [0.2, 0.25) is 5.91 Å². The monoisotopic (exact) mass is 282 g/mol. The van der Waals surface area contributed by atoms with Crippen molar-refractivity contribution in [3.63, 3.8) is 0 Å². The maximum Gasteiger partial charge on any atom is 0.246 e. The zero-order valence-corrected chi connectivity index (χ0v) is 13.0. The molecule has 0 bridgehead atoms. The molecular formula is C18H22N2O. The molecule has 2 aromatic rings. The Kier molecular flexibility index (Phi) is 4.63. The molecule has 0 aromatic heterocycles. The van der Waals surface area contributed by atoms with E-state index in [9.17, 15) is 4.79 Å². The third-order valence-corrected chi connectivity index (χ3v) is 3.44. The summed E-state index contributed by atoms with van der Waals surface area (Å²) < 4.78 is 0. The van der Waals surface area contributed by atoms with Crippen molar-refractivity contribution in [1.82, 2.24) is 0 Å². The average Bonchev–Trinajstić information content (AvgIpc) is 2.43. The zero-order valence-electron chi connectivity index (χ0n) is 13.0. The van der Waals surface area contributed by atoms with Gasteiger partial charge in [-0.15, -0.1) is 0 Å². The molecule has 0 saturated heterocycles. The molecule has 0 aliphatic heterocycles. The molecule has 2 N–H and O–H groups in total. The van der Waals surface area contributed by atoms with Crippen LogP contribution in [0.4, 0.5) is 11.4 Å². The molecule has 0 heterocycles. The van der Waals surface area contributed by atoms with Crippen LogP contribution in [-0.2, 0) is 4.79 Å². The van der Waals surface area contributed by atoms with E-state index in [0.717, 1.165) is 22.5 Å². The zero-order chi connectivity index (χ0) is 15.4. The first-order chi connectivity index (χ1) is 9.95. The number of carbonyl (C=O) groups is 1. The van der Waals surface area contributed by atoms with E-state index < -0.39 is 0 Å². The van der Waals surface area contributed by atoms with Gasteiger partial charge in [0.1, 0.15) is 6.04 Å². The highest BCUT2D eigenvalue weighted by Crippen LogP contribution is 2.18. The summed E-state index contributed by atoms with van der Waals surface area (Å²) in [6.45, 7) is 7.95. The van der Waals surface area contributed by atoms with E-state index in [1.807, 2.05) is 52.0 Å². The topological polar surface area (TPSA) is 41.1 Å². The number of hydrogen-bond donors (Lipinski definition) is 2. The summed E-state index contributed by atoms with van der Waals surface area (Å²) in [7, 11) is 0. The van der Waals surface area contributed by atoms with Crippen LogP contribution < -0.4 is 10.6 Å². The lowest BCUT2D eigenvalue weighted by Gasteiger charge is -2.17. The van der Waals surface area contributed by atoms with E-state index in [1.54, 1.807) is 0 Å². The summed E-state index contributed by atoms with van der Waals surface area (Å²) in [5, 5.41) is 6.21. The summed E-state index contributed by atoms with van der Waals surface area (Å²) in [6.07, 6.45) is 0. The van der Waals surface area contributed by atoms with E-state index in [2.05, 4.69) is 28.8 Å². The third kappa shape index (κ3) is 4.09. The first kappa shape index (κ1) is 15.1. The quantitative estimate of drug-likeness (QED) is 0.888. The minimum atomic E-state index is -0.300. The van der Waals surface area contributed by atoms with Gasteiger partial charge in [0.25, 0.3) is 0 Å². The van der Waals surface area contributed by atoms with Gasteiger partial charge in [-0.05, 0) is 62.6 Å². The maximum absolute atomic E-state index is 12.3. The minimum Gasteiger partial charge on any atom is -0.374 e. The lowest BCUT2D eigenvalue weighted by Crippen LogP contribution is -2.32. The Morgan fingerprint density at radius 2 is 1.71 bits per heavy atom. The van der Waals surface area contributed by atoms with Crippen molar-refractivity contribution in [3.8, 4) is 0 Å². The van der Waals surface area contributed by atoms with E-state index in [4.69, 9.17) is 0 Å². The largest absolute Gasteiger partial charge is 0.374 e. The third-order valence-electron chi connectivity index (χ3n) is 3.44. The Hall–Kier alpha value is -2.29. The van der Waals surface area contributed by atoms with Crippen molar-refractivity contribution in [2.24, 2.45) is 0 Å². The highest BCUT2D eigenvalue weighted by atomic mass is 16.2. The maximum atomic E-state index is 12.3. The predicted octanol–water partition coefficient (Wildman–Crippen LogP) is 4.05. The van der Waals surface area contributed by atoms with Crippen LogP contribution in [0.2, 0.25) is 0 Å². The number of amides is 1. The van der Waals surface area contributed by atoms with Gasteiger partial charge in [-0.2, -0.15) is 0 Å². The van der Waals surface area contributed by atoms with Crippen LogP contribution in [0.25, 0.3) is 0 Å². The predicted molar refractivity (Wildman–Crippen MR) is 88.8 cm³/mol. The number of hydrogen-bond acceptors (Lipinski definition) is 2. The van der Waals surface area contributed by atoms with Gasteiger partial charge in [0.05, 0.1) is 0 Å². The molecule has 3 heteroatoms. The fourth-order valence-electron chi connectivity index (χ4n) is 2.16. The summed E-state index contributed by atoms with van der Waals surface area (Å²) in [4.78, 5) is 12.3. The van der Waals surface area contributed by atoms with Crippen molar-refractivity contribution in [2.75, 3.05) is 10.6 Å². The molecule has 0 radical (unpaired) electrons. The first-order valence-corrected chi connectivity index (χ1v) is 7.17. The van der Waals surface area contributed by atoms with Gasteiger partial charge in [-0.25, -0.2) is 0 Å².